The standard InChI is InChI=1S/C8H8N2O3/c1-13-8(11)7-3-2-6(4-9-7)5-10-12/h2-5,12H,1H3/b10-5+. The number of hydrogen-bond acceptors (Lipinski definition) is 5. The molecule has 1 aromatic heterocycles. The molecule has 0 spiro atoms. The van der Waals surface area contributed by atoms with Crippen molar-refractivity contribution >= 4 is 12.2 Å². The molecule has 0 saturated carbocycles. The molecule has 13 heavy (non-hydrogen) atoms. The number of nitrogens with zero attached hydrogens (tertiary/aromatic N) is 2. The summed E-state index contributed by atoms with van der Waals surface area (Å²) >= 11 is 0. The van der Waals surface area contributed by atoms with Gasteiger partial charge in [-0.15, -0.1) is 0 Å². The monoisotopic (exact) mass is 180 g/mol. The van der Waals surface area contributed by atoms with Crippen LogP contribution in [0.25, 0.3) is 0 Å². The molecular weight excluding hydrogens is 172 g/mol. The Morgan fingerprint density at radius 2 is 2.46 bits per heavy atom. The molecule has 0 aromatic carbocycles. The number of esters is 1. The van der Waals surface area contributed by atoms with E-state index in [1.165, 1.54) is 25.6 Å². The zero-order chi connectivity index (χ0) is 9.68. The van der Waals surface area contributed by atoms with E-state index in [1.807, 2.05) is 0 Å². The summed E-state index contributed by atoms with van der Waals surface area (Å²) in [5, 5.41) is 11.0. The Bertz CT molecular complexity index is 319. The van der Waals surface area contributed by atoms with Gasteiger partial charge in [-0.2, -0.15) is 0 Å². The highest BCUT2D eigenvalue weighted by Crippen LogP contribution is 1.99. The molecule has 0 aliphatic rings. The summed E-state index contributed by atoms with van der Waals surface area (Å²) in [6, 6.07) is 3.09. The van der Waals surface area contributed by atoms with Gasteiger partial charge >= 0.3 is 5.97 Å². The lowest BCUT2D eigenvalue weighted by molar-refractivity contribution is 0.0594. The smallest absolute Gasteiger partial charge is 0.356 e. The minimum Gasteiger partial charge on any atom is -0.464 e. The fourth-order valence-electron chi connectivity index (χ4n) is 0.774. The highest BCUT2D eigenvalue weighted by molar-refractivity contribution is 5.88. The maximum Gasteiger partial charge on any atom is 0.356 e. The van der Waals surface area contributed by atoms with Crippen LogP contribution in [0.2, 0.25) is 0 Å². The van der Waals surface area contributed by atoms with Crippen molar-refractivity contribution in [3.8, 4) is 0 Å². The molecule has 0 fully saturated rings. The van der Waals surface area contributed by atoms with Crippen LogP contribution in [-0.4, -0.2) is 29.5 Å². The van der Waals surface area contributed by atoms with Gasteiger partial charge in [0.05, 0.1) is 13.3 Å². The second-order valence-electron chi connectivity index (χ2n) is 2.21. The summed E-state index contributed by atoms with van der Waals surface area (Å²) < 4.78 is 4.45. The summed E-state index contributed by atoms with van der Waals surface area (Å²) in [6.07, 6.45) is 2.63. The van der Waals surface area contributed by atoms with Crippen molar-refractivity contribution in [2.24, 2.45) is 5.16 Å². The van der Waals surface area contributed by atoms with E-state index in [9.17, 15) is 4.79 Å². The van der Waals surface area contributed by atoms with Crippen molar-refractivity contribution in [2.45, 2.75) is 0 Å². The predicted molar refractivity (Wildman–Crippen MR) is 45.0 cm³/mol. The summed E-state index contributed by atoms with van der Waals surface area (Å²) in [6.45, 7) is 0. The maximum atomic E-state index is 10.9. The minimum atomic E-state index is -0.493. The highest BCUT2D eigenvalue weighted by atomic mass is 16.5. The van der Waals surface area contributed by atoms with Gasteiger partial charge in [0, 0.05) is 11.8 Å². The third kappa shape index (κ3) is 2.26. The van der Waals surface area contributed by atoms with Crippen LogP contribution in [0.5, 0.6) is 0 Å². The van der Waals surface area contributed by atoms with E-state index >= 15 is 0 Å². The van der Waals surface area contributed by atoms with Gasteiger partial charge in [-0.25, -0.2) is 9.78 Å². The zero-order valence-electron chi connectivity index (χ0n) is 6.97. The van der Waals surface area contributed by atoms with E-state index < -0.39 is 5.97 Å². The first-order chi connectivity index (χ1) is 6.27. The largest absolute Gasteiger partial charge is 0.464 e. The lowest BCUT2D eigenvalue weighted by atomic mass is 10.3. The van der Waals surface area contributed by atoms with E-state index in [2.05, 4.69) is 14.9 Å². The normalized spacial score (nSPS) is 10.2. The van der Waals surface area contributed by atoms with E-state index in [0.29, 0.717) is 5.56 Å². The molecule has 0 unspecified atom stereocenters. The van der Waals surface area contributed by atoms with Crippen molar-refractivity contribution in [3.05, 3.63) is 29.6 Å². The fourth-order valence-corrected chi connectivity index (χ4v) is 0.774. The molecule has 1 rings (SSSR count). The molecule has 0 aliphatic heterocycles. The average Bonchev–Trinajstić information content (AvgIpc) is 2.18. The van der Waals surface area contributed by atoms with Gasteiger partial charge in [-0.3, -0.25) is 0 Å². The Morgan fingerprint density at radius 1 is 1.69 bits per heavy atom. The second-order valence-corrected chi connectivity index (χ2v) is 2.21. The topological polar surface area (TPSA) is 71.8 Å². The maximum absolute atomic E-state index is 10.9. The van der Waals surface area contributed by atoms with E-state index in [4.69, 9.17) is 5.21 Å². The summed E-state index contributed by atoms with van der Waals surface area (Å²) in [5.74, 6) is -0.493. The summed E-state index contributed by atoms with van der Waals surface area (Å²) in [4.78, 5) is 14.7. The van der Waals surface area contributed by atoms with Crippen molar-refractivity contribution in [1.29, 1.82) is 0 Å². The molecule has 1 heterocycles. The number of hydrogen-bond donors (Lipinski definition) is 1. The number of ether oxygens (including phenoxy) is 1. The molecule has 0 atom stereocenters. The molecule has 0 radical (unpaired) electrons. The van der Waals surface area contributed by atoms with Gasteiger partial charge < -0.3 is 9.94 Å². The Labute approximate surface area is 74.7 Å². The van der Waals surface area contributed by atoms with Gasteiger partial charge in [0.2, 0.25) is 0 Å². The molecule has 0 amide bonds. The van der Waals surface area contributed by atoms with Gasteiger partial charge in [-0.05, 0) is 12.1 Å². The molecule has 0 bridgehead atoms. The first-order valence-electron chi connectivity index (χ1n) is 3.49. The second kappa shape index (κ2) is 4.20. The average molecular weight is 180 g/mol. The Hall–Kier alpha value is -1.91. The van der Waals surface area contributed by atoms with Gasteiger partial charge in [-0.1, -0.05) is 5.16 Å². The molecule has 5 nitrogen and oxygen atoms in total. The van der Waals surface area contributed by atoms with Gasteiger partial charge in [0.1, 0.15) is 5.69 Å². The van der Waals surface area contributed by atoms with Crippen molar-refractivity contribution in [1.82, 2.24) is 4.98 Å². The lowest BCUT2D eigenvalue weighted by Crippen LogP contribution is -2.03. The molecular formula is C8H8N2O3. The summed E-state index contributed by atoms with van der Waals surface area (Å²) in [5.41, 5.74) is 0.827. The first kappa shape index (κ1) is 9.18. The number of methoxy groups -OCH3 is 1. The minimum absolute atomic E-state index is 0.220. The molecule has 5 heteroatoms. The van der Waals surface area contributed by atoms with Crippen LogP contribution in [0, 0.1) is 0 Å². The van der Waals surface area contributed by atoms with Crippen molar-refractivity contribution in [3.63, 3.8) is 0 Å². The van der Waals surface area contributed by atoms with E-state index in [0.717, 1.165) is 0 Å². The molecule has 0 saturated heterocycles. The number of aromatic nitrogens is 1. The van der Waals surface area contributed by atoms with Crippen LogP contribution in [-0.2, 0) is 4.74 Å². The number of pyridine rings is 1. The van der Waals surface area contributed by atoms with Gasteiger partial charge in [0.25, 0.3) is 0 Å². The molecule has 1 N–H and O–H groups in total. The van der Waals surface area contributed by atoms with Crippen LogP contribution in [0.4, 0.5) is 0 Å². The third-order valence-corrected chi connectivity index (χ3v) is 1.39. The Morgan fingerprint density at radius 3 is 2.92 bits per heavy atom. The number of carbonyl (C=O) groups is 1. The van der Waals surface area contributed by atoms with Crippen molar-refractivity contribution < 1.29 is 14.7 Å². The number of oxime groups is 1. The van der Waals surface area contributed by atoms with Crippen LogP contribution in [0.15, 0.2) is 23.5 Å². The third-order valence-electron chi connectivity index (χ3n) is 1.39. The molecule has 1 aromatic rings. The van der Waals surface area contributed by atoms with Crippen LogP contribution in [0.1, 0.15) is 16.1 Å². The molecule has 0 aliphatic carbocycles. The quantitative estimate of drug-likeness (QED) is 0.314. The van der Waals surface area contributed by atoms with Gasteiger partial charge in [0.15, 0.2) is 0 Å². The van der Waals surface area contributed by atoms with E-state index in [1.54, 1.807) is 6.07 Å². The number of carbonyl (C=O) groups excluding carboxylic acids is 1. The fraction of sp³-hybridized carbons (Fsp3) is 0.125. The van der Waals surface area contributed by atoms with Crippen molar-refractivity contribution in [2.75, 3.05) is 7.11 Å². The lowest BCUT2D eigenvalue weighted by Gasteiger charge is -1.97. The van der Waals surface area contributed by atoms with E-state index in [-0.39, 0.29) is 5.69 Å². The zero-order valence-corrected chi connectivity index (χ0v) is 6.97. The Kier molecular flexibility index (Phi) is 2.97. The van der Waals surface area contributed by atoms with Crippen LogP contribution < -0.4 is 0 Å². The SMILES string of the molecule is COC(=O)c1ccc(/C=N/O)cn1. The number of rotatable bonds is 2. The first-order valence-corrected chi connectivity index (χ1v) is 3.49. The molecule has 68 valence electrons. The Balaban J connectivity index is 2.87. The van der Waals surface area contributed by atoms with Crippen LogP contribution in [0.3, 0.4) is 0 Å². The highest BCUT2D eigenvalue weighted by Gasteiger charge is 2.04. The van der Waals surface area contributed by atoms with Crippen LogP contribution >= 0.6 is 0 Å². The summed E-state index contributed by atoms with van der Waals surface area (Å²) in [7, 11) is 1.28. The predicted octanol–water partition coefficient (Wildman–Crippen LogP) is 0.676.